The number of carboxylic acids is 1. The van der Waals surface area contributed by atoms with Gasteiger partial charge in [0.1, 0.15) is 6.10 Å². The summed E-state index contributed by atoms with van der Waals surface area (Å²) in [5, 5.41) is 18.9. The monoisotopic (exact) mass is 434 g/mol. The topological polar surface area (TPSA) is 104 Å². The number of alkyl halides is 2. The molecule has 2 aromatic rings. The molecule has 0 bridgehead atoms. The lowest BCUT2D eigenvalue weighted by Gasteiger charge is -2.34. The summed E-state index contributed by atoms with van der Waals surface area (Å²) in [5.74, 6) is -4.75. The highest BCUT2D eigenvalue weighted by atomic mass is 19.3. The lowest BCUT2D eigenvalue weighted by molar-refractivity contribution is -0.135. The van der Waals surface area contributed by atoms with E-state index in [9.17, 15) is 23.5 Å². The minimum atomic E-state index is -3.45. The summed E-state index contributed by atoms with van der Waals surface area (Å²) in [5.41, 5.74) is -0.282. The zero-order valence-corrected chi connectivity index (χ0v) is 16.8. The second kappa shape index (κ2) is 9.82. The second-order valence-corrected chi connectivity index (χ2v) is 7.39. The van der Waals surface area contributed by atoms with Gasteiger partial charge in [-0.1, -0.05) is 42.5 Å². The maximum absolute atomic E-state index is 14.5. The fraction of sp³-hybridized carbons (Fsp3) is 0.409. The Labute approximate surface area is 178 Å². The van der Waals surface area contributed by atoms with Crippen molar-refractivity contribution in [3.63, 3.8) is 0 Å². The molecule has 166 valence electrons. The van der Waals surface area contributed by atoms with E-state index < -0.39 is 24.0 Å². The van der Waals surface area contributed by atoms with Crippen molar-refractivity contribution in [1.82, 2.24) is 9.88 Å². The van der Waals surface area contributed by atoms with Crippen LogP contribution in [-0.2, 0) is 17.1 Å². The predicted octanol–water partition coefficient (Wildman–Crippen LogP) is 3.40. The number of carbonyl (C=O) groups is 2. The first-order valence-corrected chi connectivity index (χ1v) is 10.1. The molecule has 2 heterocycles. The average Bonchev–Trinajstić information content (AvgIpc) is 3.23. The number of aryl methyl sites for hydroxylation is 1. The summed E-state index contributed by atoms with van der Waals surface area (Å²) in [6.07, 6.45) is 4.04. The number of aromatic nitrogens is 1. The number of carbonyl (C=O) groups excluding carboxylic acids is 1. The Bertz CT molecular complexity index is 929. The summed E-state index contributed by atoms with van der Waals surface area (Å²) in [7, 11) is 0. The van der Waals surface area contributed by atoms with Crippen LogP contribution in [0.1, 0.15) is 47.7 Å². The van der Waals surface area contributed by atoms with Gasteiger partial charge in [0, 0.05) is 24.9 Å². The summed E-state index contributed by atoms with van der Waals surface area (Å²) < 4.78 is 34.1. The Hall–Kier alpha value is -3.07. The number of aliphatic hydroxyl groups excluding tert-OH is 1. The molecule has 0 radical (unpaired) electrons. The van der Waals surface area contributed by atoms with Gasteiger partial charge in [-0.3, -0.25) is 4.79 Å². The summed E-state index contributed by atoms with van der Waals surface area (Å²) >= 11 is 0. The largest absolute Gasteiger partial charge is 0.475 e. The van der Waals surface area contributed by atoms with Crippen LogP contribution < -0.4 is 0 Å². The van der Waals surface area contributed by atoms with Gasteiger partial charge in [0.15, 0.2) is 5.89 Å². The minimum absolute atomic E-state index is 0.0937. The molecule has 1 saturated heterocycles. The van der Waals surface area contributed by atoms with E-state index in [2.05, 4.69) is 4.98 Å². The van der Waals surface area contributed by atoms with Gasteiger partial charge in [-0.2, -0.15) is 8.78 Å². The van der Waals surface area contributed by atoms with E-state index in [-0.39, 0.29) is 23.1 Å². The Morgan fingerprint density at radius 2 is 2.10 bits per heavy atom. The van der Waals surface area contributed by atoms with Crippen molar-refractivity contribution >= 4 is 11.9 Å². The highest BCUT2D eigenvalue weighted by Gasteiger charge is 2.39. The lowest BCUT2D eigenvalue weighted by Crippen LogP contribution is -2.43. The van der Waals surface area contributed by atoms with Gasteiger partial charge in [0.2, 0.25) is 11.7 Å². The Balaban J connectivity index is 1.61. The number of carboxylic acid groups (broad SMARTS) is 1. The van der Waals surface area contributed by atoms with Crippen LogP contribution in [-0.4, -0.2) is 50.7 Å². The van der Waals surface area contributed by atoms with E-state index in [4.69, 9.17) is 9.52 Å². The molecule has 7 nitrogen and oxygen atoms in total. The molecule has 1 aliphatic rings. The summed E-state index contributed by atoms with van der Waals surface area (Å²) in [6.45, 7) is 0.337. The van der Waals surface area contributed by atoms with Crippen molar-refractivity contribution in [2.75, 3.05) is 6.54 Å². The molecule has 2 N–H and O–H groups in total. The molecular weight excluding hydrogens is 410 g/mol. The van der Waals surface area contributed by atoms with Crippen LogP contribution in [0.4, 0.5) is 8.78 Å². The van der Waals surface area contributed by atoms with Crippen LogP contribution >= 0.6 is 0 Å². The quantitative estimate of drug-likeness (QED) is 0.587. The molecule has 0 aliphatic carbocycles. The molecule has 0 spiro atoms. The number of aliphatic hydroxyl groups is 1. The van der Waals surface area contributed by atoms with E-state index in [1.165, 1.54) is 30.3 Å². The van der Waals surface area contributed by atoms with Gasteiger partial charge in [-0.25, -0.2) is 9.78 Å². The van der Waals surface area contributed by atoms with Crippen LogP contribution in [0.25, 0.3) is 0 Å². The highest BCUT2D eigenvalue weighted by molar-refractivity contribution is 5.83. The number of hydrogen-bond donors (Lipinski definition) is 2. The molecule has 2 atom stereocenters. The molecule has 1 aromatic carbocycles. The number of likely N-dealkylation sites (tertiary alicyclic amines) is 1. The van der Waals surface area contributed by atoms with E-state index >= 15 is 0 Å². The van der Waals surface area contributed by atoms with Gasteiger partial charge < -0.3 is 19.5 Å². The van der Waals surface area contributed by atoms with Crippen LogP contribution in [0, 0.1) is 0 Å². The third-order valence-electron chi connectivity index (χ3n) is 5.21. The second-order valence-electron chi connectivity index (χ2n) is 7.39. The number of hydrogen-bond acceptors (Lipinski definition) is 5. The SMILES string of the molecule is O=C(O)c1cnc(CCCN2C(=O)CCC[C@@H]2C=C[C@@H](O)C(F)(F)c2ccccc2)o1. The molecule has 1 aliphatic heterocycles. The van der Waals surface area contributed by atoms with Crippen molar-refractivity contribution in [1.29, 1.82) is 0 Å². The molecule has 3 rings (SSSR count). The summed E-state index contributed by atoms with van der Waals surface area (Å²) in [6, 6.07) is 6.69. The molecule has 1 fully saturated rings. The zero-order chi connectivity index (χ0) is 22.4. The number of nitrogens with zero attached hydrogens (tertiary/aromatic N) is 2. The van der Waals surface area contributed by atoms with Crippen LogP contribution in [0.15, 0.2) is 53.1 Å². The Morgan fingerprint density at radius 1 is 1.35 bits per heavy atom. The fourth-order valence-corrected chi connectivity index (χ4v) is 3.55. The van der Waals surface area contributed by atoms with E-state index in [0.717, 1.165) is 12.3 Å². The number of rotatable bonds is 9. The van der Waals surface area contributed by atoms with Crippen molar-refractivity contribution < 1.29 is 33.0 Å². The first kappa shape index (κ1) is 22.6. The molecule has 31 heavy (non-hydrogen) atoms. The maximum atomic E-state index is 14.5. The van der Waals surface area contributed by atoms with Crippen molar-refractivity contribution in [3.8, 4) is 0 Å². The van der Waals surface area contributed by atoms with E-state index in [0.29, 0.717) is 38.6 Å². The number of piperidine rings is 1. The van der Waals surface area contributed by atoms with Crippen LogP contribution in [0.3, 0.4) is 0 Å². The fourth-order valence-electron chi connectivity index (χ4n) is 3.55. The number of benzene rings is 1. The van der Waals surface area contributed by atoms with Crippen molar-refractivity contribution in [2.24, 2.45) is 0 Å². The Kier molecular flexibility index (Phi) is 7.17. The van der Waals surface area contributed by atoms with Gasteiger partial charge >= 0.3 is 11.9 Å². The minimum Gasteiger partial charge on any atom is -0.475 e. The predicted molar refractivity (Wildman–Crippen MR) is 107 cm³/mol. The number of aromatic carboxylic acids is 1. The first-order chi connectivity index (χ1) is 14.8. The number of amides is 1. The molecule has 1 amide bonds. The normalized spacial score (nSPS) is 18.5. The molecule has 0 unspecified atom stereocenters. The molecule has 0 saturated carbocycles. The third kappa shape index (κ3) is 5.55. The smallest absolute Gasteiger partial charge is 0.373 e. The average molecular weight is 434 g/mol. The van der Waals surface area contributed by atoms with E-state index in [1.807, 2.05) is 0 Å². The maximum Gasteiger partial charge on any atom is 0.373 e. The third-order valence-corrected chi connectivity index (χ3v) is 5.21. The summed E-state index contributed by atoms with van der Waals surface area (Å²) in [4.78, 5) is 28.7. The standard InChI is InChI=1S/C22H24F2N2O5/c23-22(24,15-6-2-1-3-7-15)18(27)12-11-16-8-4-10-20(28)26(16)13-5-9-19-25-14-17(31-19)21(29)30/h1-3,6-7,11-12,14,16,18,27H,4-5,8-10,13H2,(H,29,30)/t16-,18-/m1/s1. The zero-order valence-electron chi connectivity index (χ0n) is 16.8. The molecule has 9 heteroatoms. The highest BCUT2D eigenvalue weighted by Crippen LogP contribution is 2.32. The van der Waals surface area contributed by atoms with Crippen LogP contribution in [0.2, 0.25) is 0 Å². The molecular formula is C22H24F2N2O5. The van der Waals surface area contributed by atoms with Crippen molar-refractivity contribution in [3.05, 3.63) is 65.9 Å². The van der Waals surface area contributed by atoms with E-state index in [1.54, 1.807) is 11.0 Å². The van der Waals surface area contributed by atoms with Gasteiger partial charge in [-0.15, -0.1) is 0 Å². The molecule has 1 aromatic heterocycles. The number of halogens is 2. The van der Waals surface area contributed by atoms with Crippen LogP contribution in [0.5, 0.6) is 0 Å². The Morgan fingerprint density at radius 3 is 2.77 bits per heavy atom. The van der Waals surface area contributed by atoms with Gasteiger partial charge in [-0.05, 0) is 19.3 Å². The first-order valence-electron chi connectivity index (χ1n) is 10.1. The lowest BCUT2D eigenvalue weighted by atomic mass is 9.98. The number of oxazole rings is 1. The van der Waals surface area contributed by atoms with Gasteiger partial charge in [0.25, 0.3) is 0 Å². The van der Waals surface area contributed by atoms with Crippen molar-refractivity contribution in [2.45, 2.75) is 50.2 Å². The van der Waals surface area contributed by atoms with Gasteiger partial charge in [0.05, 0.1) is 12.2 Å².